The Morgan fingerprint density at radius 2 is 1.88 bits per heavy atom. The van der Waals surface area contributed by atoms with E-state index in [4.69, 9.17) is 14.2 Å². The van der Waals surface area contributed by atoms with Crippen LogP contribution in [0.4, 0.5) is 0 Å². The van der Waals surface area contributed by atoms with Gasteiger partial charge in [-0.3, -0.25) is 4.79 Å². The van der Waals surface area contributed by atoms with Crippen molar-refractivity contribution in [1.29, 1.82) is 0 Å². The summed E-state index contributed by atoms with van der Waals surface area (Å²) < 4.78 is 16.6. The maximum atomic E-state index is 12.8. The highest BCUT2D eigenvalue weighted by atomic mass is 16.6. The number of ether oxygens (including phenoxy) is 3. The number of aliphatic hydroxyl groups excluding tert-OH is 1. The zero-order valence-corrected chi connectivity index (χ0v) is 18.6. The van der Waals surface area contributed by atoms with Crippen molar-refractivity contribution < 1.29 is 24.1 Å². The van der Waals surface area contributed by atoms with Crippen LogP contribution in [-0.4, -0.2) is 61.9 Å². The molecule has 0 aliphatic carbocycles. The standard InChI is InChI=1S/C25H32N2O5/c1-30-21-7-3-2-6-18(21)9-11-24(28)26-20(17-27-12-4-5-13-27)25(29)19-8-10-22-23(16-19)32-15-14-31-22/h2-3,6-8,10,16,20,25,29H,4-5,9,11-15,17H2,1H3,(H,26,28)/t20-,25+/m1/s1. The number of aryl methyl sites for hydroxylation is 1. The van der Waals surface area contributed by atoms with E-state index in [0.717, 1.165) is 37.2 Å². The smallest absolute Gasteiger partial charge is 0.220 e. The highest BCUT2D eigenvalue weighted by Gasteiger charge is 2.27. The van der Waals surface area contributed by atoms with Crippen molar-refractivity contribution in [2.24, 2.45) is 0 Å². The highest BCUT2D eigenvalue weighted by molar-refractivity contribution is 5.76. The Morgan fingerprint density at radius 3 is 2.66 bits per heavy atom. The van der Waals surface area contributed by atoms with Crippen molar-refractivity contribution in [2.75, 3.05) is 40.0 Å². The van der Waals surface area contributed by atoms with E-state index in [0.29, 0.717) is 49.7 Å². The molecule has 2 aromatic carbocycles. The number of carbonyl (C=O) groups excluding carboxylic acids is 1. The lowest BCUT2D eigenvalue weighted by atomic mass is 10.00. The molecule has 0 unspecified atom stereocenters. The van der Waals surface area contributed by atoms with Crippen LogP contribution in [0.2, 0.25) is 0 Å². The van der Waals surface area contributed by atoms with Gasteiger partial charge in [0.05, 0.1) is 13.2 Å². The fourth-order valence-corrected chi connectivity index (χ4v) is 4.38. The van der Waals surface area contributed by atoms with E-state index in [1.807, 2.05) is 42.5 Å². The summed E-state index contributed by atoms with van der Waals surface area (Å²) >= 11 is 0. The Kier molecular flexibility index (Phi) is 7.50. The van der Waals surface area contributed by atoms with Crippen molar-refractivity contribution >= 4 is 5.91 Å². The maximum Gasteiger partial charge on any atom is 0.220 e. The number of fused-ring (bicyclic) bond motifs is 1. The first-order valence-corrected chi connectivity index (χ1v) is 11.4. The van der Waals surface area contributed by atoms with Crippen LogP contribution in [0.1, 0.15) is 36.5 Å². The molecule has 0 aromatic heterocycles. The summed E-state index contributed by atoms with van der Waals surface area (Å²) in [5.74, 6) is 2.02. The number of likely N-dealkylation sites (tertiary alicyclic amines) is 1. The van der Waals surface area contributed by atoms with E-state index in [1.165, 1.54) is 0 Å². The normalized spacial score (nSPS) is 17.6. The average Bonchev–Trinajstić information content (AvgIpc) is 3.35. The third-order valence-corrected chi connectivity index (χ3v) is 6.10. The van der Waals surface area contributed by atoms with Crippen LogP contribution in [0.15, 0.2) is 42.5 Å². The number of benzene rings is 2. The molecule has 0 radical (unpaired) electrons. The zero-order chi connectivity index (χ0) is 22.3. The van der Waals surface area contributed by atoms with Crippen LogP contribution in [0.3, 0.4) is 0 Å². The summed E-state index contributed by atoms with van der Waals surface area (Å²) in [5.41, 5.74) is 1.71. The minimum Gasteiger partial charge on any atom is -0.496 e. The van der Waals surface area contributed by atoms with Gasteiger partial charge in [-0.2, -0.15) is 0 Å². The molecule has 2 aliphatic rings. The Labute approximate surface area is 189 Å². The molecular weight excluding hydrogens is 408 g/mol. The number of nitrogens with zero attached hydrogens (tertiary/aromatic N) is 1. The minimum absolute atomic E-state index is 0.0864. The van der Waals surface area contributed by atoms with Gasteiger partial charge in [0, 0.05) is 13.0 Å². The van der Waals surface area contributed by atoms with E-state index in [-0.39, 0.29) is 5.91 Å². The topological polar surface area (TPSA) is 80.3 Å². The fraction of sp³-hybridized carbons (Fsp3) is 0.480. The van der Waals surface area contributed by atoms with Gasteiger partial charge in [-0.15, -0.1) is 0 Å². The number of aliphatic hydroxyl groups is 1. The summed E-state index contributed by atoms with van der Waals surface area (Å²) in [7, 11) is 1.63. The second kappa shape index (κ2) is 10.7. The molecule has 32 heavy (non-hydrogen) atoms. The fourth-order valence-electron chi connectivity index (χ4n) is 4.38. The van der Waals surface area contributed by atoms with Crippen molar-refractivity contribution in [3.05, 3.63) is 53.6 Å². The van der Waals surface area contributed by atoms with Crippen molar-refractivity contribution in [2.45, 2.75) is 37.8 Å². The van der Waals surface area contributed by atoms with Crippen LogP contribution < -0.4 is 19.5 Å². The lowest BCUT2D eigenvalue weighted by molar-refractivity contribution is -0.122. The third-order valence-electron chi connectivity index (χ3n) is 6.10. The molecule has 4 rings (SSSR count). The van der Waals surface area contributed by atoms with Crippen molar-refractivity contribution in [3.63, 3.8) is 0 Å². The SMILES string of the molecule is COc1ccccc1CCC(=O)N[C@H](CN1CCCC1)[C@@H](O)c1ccc2c(c1)OCCO2. The highest BCUT2D eigenvalue weighted by Crippen LogP contribution is 2.33. The molecular formula is C25H32N2O5. The molecule has 2 heterocycles. The summed E-state index contributed by atoms with van der Waals surface area (Å²) in [5, 5.41) is 14.3. The lowest BCUT2D eigenvalue weighted by Gasteiger charge is -2.29. The first-order chi connectivity index (χ1) is 15.6. The van der Waals surface area contributed by atoms with Crippen LogP contribution in [0.25, 0.3) is 0 Å². The number of methoxy groups -OCH3 is 1. The molecule has 172 valence electrons. The van der Waals surface area contributed by atoms with Crippen molar-refractivity contribution in [1.82, 2.24) is 10.2 Å². The quantitative estimate of drug-likeness (QED) is 0.624. The number of para-hydroxylation sites is 1. The molecule has 1 amide bonds. The van der Waals surface area contributed by atoms with E-state index in [9.17, 15) is 9.90 Å². The summed E-state index contributed by atoms with van der Waals surface area (Å²) in [6, 6.07) is 12.8. The van der Waals surface area contributed by atoms with Crippen molar-refractivity contribution in [3.8, 4) is 17.2 Å². The van der Waals surface area contributed by atoms with Crippen LogP contribution >= 0.6 is 0 Å². The van der Waals surface area contributed by atoms with Gasteiger partial charge in [0.25, 0.3) is 0 Å². The number of rotatable bonds is 9. The maximum absolute atomic E-state index is 12.8. The Bertz CT molecular complexity index is 913. The monoisotopic (exact) mass is 440 g/mol. The first kappa shape index (κ1) is 22.4. The number of amides is 1. The van der Waals surface area contributed by atoms with Crippen LogP contribution in [-0.2, 0) is 11.2 Å². The second-order valence-corrected chi connectivity index (χ2v) is 8.34. The van der Waals surface area contributed by atoms with Gasteiger partial charge in [0.2, 0.25) is 5.91 Å². The predicted octanol–water partition coefficient (Wildman–Crippen LogP) is 2.71. The first-order valence-electron chi connectivity index (χ1n) is 11.4. The van der Waals surface area contributed by atoms with Gasteiger partial charge in [-0.05, 0) is 61.7 Å². The largest absolute Gasteiger partial charge is 0.496 e. The Morgan fingerprint density at radius 1 is 1.12 bits per heavy atom. The lowest BCUT2D eigenvalue weighted by Crippen LogP contribution is -2.46. The van der Waals surface area contributed by atoms with Gasteiger partial charge in [-0.1, -0.05) is 24.3 Å². The number of hydrogen-bond donors (Lipinski definition) is 2. The molecule has 0 spiro atoms. The second-order valence-electron chi connectivity index (χ2n) is 8.34. The number of hydrogen-bond acceptors (Lipinski definition) is 6. The number of carbonyl (C=O) groups is 1. The van der Waals surface area contributed by atoms with Crippen LogP contribution in [0, 0.1) is 0 Å². The van der Waals surface area contributed by atoms with Gasteiger partial charge >= 0.3 is 0 Å². The van der Waals surface area contributed by atoms with E-state index in [1.54, 1.807) is 7.11 Å². The predicted molar refractivity (Wildman–Crippen MR) is 121 cm³/mol. The van der Waals surface area contributed by atoms with E-state index < -0.39 is 12.1 Å². The minimum atomic E-state index is -0.846. The number of nitrogens with one attached hydrogen (secondary N) is 1. The molecule has 7 nitrogen and oxygen atoms in total. The average molecular weight is 441 g/mol. The molecule has 1 fully saturated rings. The molecule has 2 atom stereocenters. The van der Waals surface area contributed by atoms with Gasteiger partial charge in [0.15, 0.2) is 11.5 Å². The Hall–Kier alpha value is -2.77. The van der Waals surface area contributed by atoms with E-state index in [2.05, 4.69) is 10.2 Å². The summed E-state index contributed by atoms with van der Waals surface area (Å²) in [6.45, 7) is 3.59. The summed E-state index contributed by atoms with van der Waals surface area (Å²) in [6.07, 6.45) is 2.35. The molecule has 2 N–H and O–H groups in total. The zero-order valence-electron chi connectivity index (χ0n) is 18.6. The van der Waals surface area contributed by atoms with Gasteiger partial charge < -0.3 is 29.5 Å². The molecule has 0 bridgehead atoms. The molecule has 2 aromatic rings. The van der Waals surface area contributed by atoms with Crippen LogP contribution in [0.5, 0.6) is 17.2 Å². The Balaban J connectivity index is 1.44. The summed E-state index contributed by atoms with van der Waals surface area (Å²) in [4.78, 5) is 15.1. The van der Waals surface area contributed by atoms with E-state index >= 15 is 0 Å². The van der Waals surface area contributed by atoms with Gasteiger partial charge in [-0.25, -0.2) is 0 Å². The molecule has 2 aliphatic heterocycles. The molecule has 0 saturated carbocycles. The third kappa shape index (κ3) is 5.53. The van der Waals surface area contributed by atoms with Gasteiger partial charge in [0.1, 0.15) is 25.1 Å². The molecule has 7 heteroatoms. The molecule has 1 saturated heterocycles.